The molecule has 1 aliphatic rings. The zero-order valence-electron chi connectivity index (χ0n) is 9.91. The molecule has 0 radical (unpaired) electrons. The molecule has 0 bridgehead atoms. The smallest absolute Gasteiger partial charge is 0.331 e. The number of fused-ring (bicyclic) bond motifs is 1. The van der Waals surface area contributed by atoms with Gasteiger partial charge < -0.3 is 10.0 Å². The highest BCUT2D eigenvalue weighted by molar-refractivity contribution is 7.14. The van der Waals surface area contributed by atoms with Crippen molar-refractivity contribution in [1.29, 1.82) is 0 Å². The number of thiazole rings is 1. The second kappa shape index (κ2) is 4.83. The summed E-state index contributed by atoms with van der Waals surface area (Å²) >= 11 is 7.20. The number of rotatable bonds is 2. The molecule has 0 aliphatic carbocycles. The number of benzene rings is 1. The van der Waals surface area contributed by atoms with Crippen LogP contribution in [0.25, 0.3) is 0 Å². The van der Waals surface area contributed by atoms with Crippen molar-refractivity contribution >= 4 is 34.0 Å². The van der Waals surface area contributed by atoms with E-state index in [1.807, 2.05) is 24.3 Å². The maximum atomic E-state index is 11.6. The second-order valence-corrected chi connectivity index (χ2v) is 5.56. The first-order valence-electron chi connectivity index (χ1n) is 5.85. The number of aliphatic carboxylic acids is 1. The lowest BCUT2D eigenvalue weighted by Gasteiger charge is -2.34. The molecular formula is C13H11ClN2O2S. The van der Waals surface area contributed by atoms with Gasteiger partial charge in [-0.2, -0.15) is 0 Å². The molecule has 2 aromatic rings. The zero-order valence-corrected chi connectivity index (χ0v) is 11.5. The Morgan fingerprint density at radius 3 is 2.95 bits per heavy atom. The van der Waals surface area contributed by atoms with Gasteiger partial charge in [0.2, 0.25) is 0 Å². The maximum Gasteiger partial charge on any atom is 0.331 e. The number of halogens is 1. The molecule has 1 aromatic heterocycles. The molecule has 1 unspecified atom stereocenters. The number of carboxylic acid groups (broad SMARTS) is 1. The Hall–Kier alpha value is -1.59. The minimum atomic E-state index is -0.863. The van der Waals surface area contributed by atoms with Crippen LogP contribution in [0, 0.1) is 0 Å². The fourth-order valence-electron chi connectivity index (χ4n) is 2.42. The largest absolute Gasteiger partial charge is 0.479 e. The molecule has 6 heteroatoms. The Morgan fingerprint density at radius 2 is 2.26 bits per heavy atom. The van der Waals surface area contributed by atoms with E-state index in [1.165, 1.54) is 11.3 Å². The lowest BCUT2D eigenvalue weighted by atomic mass is 9.93. The fraction of sp³-hybridized carbons (Fsp3) is 0.231. The summed E-state index contributed by atoms with van der Waals surface area (Å²) < 4.78 is 0. The van der Waals surface area contributed by atoms with Crippen LogP contribution in [-0.4, -0.2) is 22.6 Å². The lowest BCUT2D eigenvalue weighted by molar-refractivity contribution is -0.138. The van der Waals surface area contributed by atoms with Gasteiger partial charge in [-0.15, -0.1) is 11.3 Å². The molecule has 0 amide bonds. The minimum absolute atomic E-state index is 0.406. The van der Waals surface area contributed by atoms with Gasteiger partial charge in [-0.3, -0.25) is 0 Å². The number of anilines is 1. The Kier molecular flexibility index (Phi) is 3.16. The predicted molar refractivity (Wildman–Crippen MR) is 75.0 cm³/mol. The Balaban J connectivity index is 2.06. The SMILES string of the molecule is O=C(O)C1c2ccccc2CCN1c1nc(Cl)cs1. The predicted octanol–water partition coefficient (Wildman–Crippen LogP) is 2.98. The molecule has 0 fully saturated rings. The van der Waals surface area contributed by atoms with Crippen LogP contribution in [0.5, 0.6) is 0 Å². The molecule has 0 spiro atoms. The highest BCUT2D eigenvalue weighted by atomic mass is 35.5. The average molecular weight is 295 g/mol. The van der Waals surface area contributed by atoms with E-state index in [2.05, 4.69) is 4.98 Å². The molecule has 2 heterocycles. The maximum absolute atomic E-state index is 11.6. The van der Waals surface area contributed by atoms with E-state index in [1.54, 1.807) is 10.3 Å². The van der Waals surface area contributed by atoms with Crippen LogP contribution in [0.4, 0.5) is 5.13 Å². The summed E-state index contributed by atoms with van der Waals surface area (Å²) in [5.74, 6) is -0.863. The summed E-state index contributed by atoms with van der Waals surface area (Å²) in [6.07, 6.45) is 0.817. The van der Waals surface area contributed by atoms with E-state index in [0.29, 0.717) is 16.8 Å². The first kappa shape index (κ1) is 12.4. The third-order valence-electron chi connectivity index (χ3n) is 3.23. The fourth-order valence-corrected chi connectivity index (χ4v) is 3.42. The number of carboxylic acids is 1. The van der Waals surface area contributed by atoms with Crippen LogP contribution in [0.3, 0.4) is 0 Å². The Labute approximate surface area is 119 Å². The normalized spacial score (nSPS) is 18.2. The number of carbonyl (C=O) groups is 1. The van der Waals surface area contributed by atoms with Crippen LogP contribution in [0.1, 0.15) is 17.2 Å². The molecule has 0 saturated carbocycles. The summed E-state index contributed by atoms with van der Waals surface area (Å²) in [5, 5.41) is 12.3. The van der Waals surface area contributed by atoms with Crippen LogP contribution in [0.15, 0.2) is 29.6 Å². The minimum Gasteiger partial charge on any atom is -0.479 e. The van der Waals surface area contributed by atoms with Gasteiger partial charge >= 0.3 is 5.97 Å². The number of aromatic nitrogens is 1. The molecule has 19 heavy (non-hydrogen) atoms. The van der Waals surface area contributed by atoms with Crippen molar-refractivity contribution in [3.8, 4) is 0 Å². The van der Waals surface area contributed by atoms with Crippen molar-refractivity contribution in [3.05, 3.63) is 45.9 Å². The van der Waals surface area contributed by atoms with Gasteiger partial charge in [0, 0.05) is 11.9 Å². The standard InChI is InChI=1S/C13H11ClN2O2S/c14-10-7-19-13(15-10)16-6-5-8-3-1-2-4-9(8)11(16)12(17)18/h1-4,7,11H,5-6H2,(H,17,18). The lowest BCUT2D eigenvalue weighted by Crippen LogP contribution is -2.39. The van der Waals surface area contributed by atoms with Crippen molar-refractivity contribution < 1.29 is 9.90 Å². The average Bonchev–Trinajstić information content (AvgIpc) is 2.83. The van der Waals surface area contributed by atoms with Gasteiger partial charge in [0.05, 0.1) is 0 Å². The molecule has 1 N–H and O–H groups in total. The van der Waals surface area contributed by atoms with Crippen LogP contribution in [-0.2, 0) is 11.2 Å². The van der Waals surface area contributed by atoms with Gasteiger partial charge in [-0.25, -0.2) is 9.78 Å². The second-order valence-electron chi connectivity index (χ2n) is 4.34. The highest BCUT2D eigenvalue weighted by Crippen LogP contribution is 2.36. The third kappa shape index (κ3) is 2.19. The molecule has 4 nitrogen and oxygen atoms in total. The topological polar surface area (TPSA) is 53.4 Å². The number of hydrogen-bond donors (Lipinski definition) is 1. The van der Waals surface area contributed by atoms with Crippen molar-refractivity contribution in [2.45, 2.75) is 12.5 Å². The summed E-state index contributed by atoms with van der Waals surface area (Å²) in [7, 11) is 0. The first-order chi connectivity index (χ1) is 9.16. The highest BCUT2D eigenvalue weighted by Gasteiger charge is 2.34. The van der Waals surface area contributed by atoms with Crippen LogP contribution in [0.2, 0.25) is 5.15 Å². The van der Waals surface area contributed by atoms with Crippen LogP contribution >= 0.6 is 22.9 Å². The Morgan fingerprint density at radius 1 is 1.47 bits per heavy atom. The first-order valence-corrected chi connectivity index (χ1v) is 7.11. The monoisotopic (exact) mass is 294 g/mol. The molecule has 3 rings (SSSR count). The molecule has 1 atom stereocenters. The van der Waals surface area contributed by atoms with Gasteiger partial charge in [-0.1, -0.05) is 35.9 Å². The van der Waals surface area contributed by atoms with E-state index < -0.39 is 12.0 Å². The van der Waals surface area contributed by atoms with E-state index >= 15 is 0 Å². The molecule has 98 valence electrons. The van der Waals surface area contributed by atoms with E-state index in [9.17, 15) is 9.90 Å². The quantitative estimate of drug-likeness (QED) is 0.925. The van der Waals surface area contributed by atoms with Crippen molar-refractivity contribution in [3.63, 3.8) is 0 Å². The van der Waals surface area contributed by atoms with Gasteiger partial charge in [0.15, 0.2) is 11.2 Å². The molecule has 0 saturated heterocycles. The van der Waals surface area contributed by atoms with Gasteiger partial charge in [0.25, 0.3) is 0 Å². The number of nitrogens with zero attached hydrogens (tertiary/aromatic N) is 2. The summed E-state index contributed by atoms with van der Waals surface area (Å²) in [6, 6.07) is 6.97. The molecule has 1 aromatic carbocycles. The Bertz CT molecular complexity index is 629. The van der Waals surface area contributed by atoms with Crippen LogP contribution < -0.4 is 4.90 Å². The number of hydrogen-bond acceptors (Lipinski definition) is 4. The van der Waals surface area contributed by atoms with Crippen molar-refractivity contribution in [2.24, 2.45) is 0 Å². The summed E-state index contributed by atoms with van der Waals surface area (Å²) in [6.45, 7) is 0.637. The van der Waals surface area contributed by atoms with Gasteiger partial charge in [0.1, 0.15) is 5.15 Å². The zero-order chi connectivity index (χ0) is 13.4. The summed E-state index contributed by atoms with van der Waals surface area (Å²) in [4.78, 5) is 17.6. The van der Waals surface area contributed by atoms with Gasteiger partial charge in [-0.05, 0) is 17.5 Å². The van der Waals surface area contributed by atoms with Crippen molar-refractivity contribution in [1.82, 2.24) is 4.98 Å². The summed E-state index contributed by atoms with van der Waals surface area (Å²) in [5.41, 5.74) is 1.93. The van der Waals surface area contributed by atoms with E-state index in [-0.39, 0.29) is 0 Å². The third-order valence-corrected chi connectivity index (χ3v) is 4.43. The van der Waals surface area contributed by atoms with E-state index in [4.69, 9.17) is 11.6 Å². The van der Waals surface area contributed by atoms with E-state index in [0.717, 1.165) is 17.5 Å². The molecular weight excluding hydrogens is 284 g/mol. The van der Waals surface area contributed by atoms with Crippen molar-refractivity contribution in [2.75, 3.05) is 11.4 Å². The molecule has 1 aliphatic heterocycles.